The van der Waals surface area contributed by atoms with E-state index in [2.05, 4.69) is 175 Å². The SMILES string of the molecule is [C-]#[N+]c1ccc2c(c1)C1(c3ccccc3-c3ccccc31)c1ccc(-c3ccc(-c4cc(-c5ccccc5)nc(-c5cccc(-c6ccccc6)c5)n4)cc3)cc1-2. The van der Waals surface area contributed by atoms with E-state index in [4.69, 9.17) is 16.5 Å². The first-order chi connectivity index (χ1) is 28.2. The van der Waals surface area contributed by atoms with Crippen molar-refractivity contribution >= 4 is 5.69 Å². The summed E-state index contributed by atoms with van der Waals surface area (Å²) in [7, 11) is 0. The quantitative estimate of drug-likeness (QED) is 0.166. The molecule has 264 valence electrons. The van der Waals surface area contributed by atoms with E-state index in [1.54, 1.807) is 0 Å². The summed E-state index contributed by atoms with van der Waals surface area (Å²) in [5.41, 5.74) is 19.4. The molecule has 57 heavy (non-hydrogen) atoms. The van der Waals surface area contributed by atoms with E-state index in [-0.39, 0.29) is 0 Å². The van der Waals surface area contributed by atoms with Crippen LogP contribution in [0.25, 0.3) is 83.3 Å². The van der Waals surface area contributed by atoms with Crippen LogP contribution >= 0.6 is 0 Å². The zero-order valence-corrected chi connectivity index (χ0v) is 30.9. The van der Waals surface area contributed by atoms with Gasteiger partial charge in [0.05, 0.1) is 23.4 Å². The first-order valence-corrected chi connectivity index (χ1v) is 19.3. The molecular weight excluding hydrogens is 691 g/mol. The van der Waals surface area contributed by atoms with Gasteiger partial charge >= 0.3 is 0 Å². The molecular formula is C54H33N3. The van der Waals surface area contributed by atoms with E-state index >= 15 is 0 Å². The van der Waals surface area contributed by atoms with Crippen molar-refractivity contribution < 1.29 is 0 Å². The maximum atomic E-state index is 7.91. The Morgan fingerprint density at radius 2 is 0.825 bits per heavy atom. The largest absolute Gasteiger partial charge is 0.238 e. The Bertz CT molecular complexity index is 3020. The van der Waals surface area contributed by atoms with Crippen LogP contribution in [0.4, 0.5) is 5.69 Å². The highest BCUT2D eigenvalue weighted by Crippen LogP contribution is 2.63. The van der Waals surface area contributed by atoms with Crippen LogP contribution in [0.3, 0.4) is 0 Å². The zero-order chi connectivity index (χ0) is 37.9. The zero-order valence-electron chi connectivity index (χ0n) is 30.9. The van der Waals surface area contributed by atoms with Crippen LogP contribution in [0.1, 0.15) is 22.3 Å². The first-order valence-electron chi connectivity index (χ1n) is 19.3. The summed E-state index contributed by atoms with van der Waals surface area (Å²) in [4.78, 5) is 14.1. The van der Waals surface area contributed by atoms with Crippen LogP contribution in [0.2, 0.25) is 0 Å². The second kappa shape index (κ2) is 13.0. The maximum absolute atomic E-state index is 7.91. The Labute approximate surface area is 332 Å². The minimum absolute atomic E-state index is 0.483. The van der Waals surface area contributed by atoms with Gasteiger partial charge in [0.1, 0.15) is 0 Å². The Morgan fingerprint density at radius 1 is 0.333 bits per heavy atom. The molecule has 3 heteroatoms. The molecule has 1 aromatic heterocycles. The monoisotopic (exact) mass is 723 g/mol. The lowest BCUT2D eigenvalue weighted by Crippen LogP contribution is -2.25. The number of hydrogen-bond acceptors (Lipinski definition) is 2. The van der Waals surface area contributed by atoms with Crippen molar-refractivity contribution in [2.75, 3.05) is 0 Å². The van der Waals surface area contributed by atoms with Crippen molar-refractivity contribution in [2.24, 2.45) is 0 Å². The Balaban J connectivity index is 1.01. The molecule has 11 rings (SSSR count). The minimum Gasteiger partial charge on any atom is -0.238 e. The topological polar surface area (TPSA) is 30.1 Å². The molecule has 0 saturated carbocycles. The standard InChI is InChI=1S/C54H33N3/c1-55-42-28-29-45-46-32-40(27-30-49(46)54(50(45)33-42)47-21-10-8-19-43(47)44-20-9-11-22-48(44)54)36-23-25-38(26-24-36)52-34-51(37-15-6-3-7-16-37)56-53(57-52)41-18-12-17-39(31-41)35-13-4-2-5-14-35/h2-34H. The summed E-state index contributed by atoms with van der Waals surface area (Å²) < 4.78 is 0. The smallest absolute Gasteiger partial charge is 0.187 e. The molecule has 3 nitrogen and oxygen atoms in total. The molecule has 1 spiro atoms. The third-order valence-corrected chi connectivity index (χ3v) is 11.7. The van der Waals surface area contributed by atoms with E-state index in [1.807, 2.05) is 30.3 Å². The van der Waals surface area contributed by atoms with Crippen LogP contribution in [-0.4, -0.2) is 9.97 Å². The summed E-state index contributed by atoms with van der Waals surface area (Å²) in [6.45, 7) is 7.91. The number of rotatable bonds is 5. The number of hydrogen-bond donors (Lipinski definition) is 0. The van der Waals surface area contributed by atoms with Gasteiger partial charge in [0.15, 0.2) is 11.5 Å². The summed E-state index contributed by atoms with van der Waals surface area (Å²) in [5, 5.41) is 0. The molecule has 0 amide bonds. The minimum atomic E-state index is -0.483. The fraction of sp³-hybridized carbons (Fsp3) is 0.0185. The van der Waals surface area contributed by atoms with E-state index in [9.17, 15) is 0 Å². The molecule has 0 N–H and O–H groups in total. The van der Waals surface area contributed by atoms with Crippen molar-refractivity contribution in [1.82, 2.24) is 9.97 Å². The highest BCUT2D eigenvalue weighted by molar-refractivity contribution is 5.96. The van der Waals surface area contributed by atoms with Crippen LogP contribution in [-0.2, 0) is 5.41 Å². The van der Waals surface area contributed by atoms with Gasteiger partial charge in [-0.3, -0.25) is 0 Å². The lowest BCUT2D eigenvalue weighted by Gasteiger charge is -2.30. The van der Waals surface area contributed by atoms with Crippen LogP contribution in [0, 0.1) is 6.57 Å². The van der Waals surface area contributed by atoms with Crippen LogP contribution < -0.4 is 0 Å². The number of fused-ring (bicyclic) bond motifs is 10. The molecule has 0 saturated heterocycles. The first kappa shape index (κ1) is 32.7. The summed E-state index contributed by atoms with van der Waals surface area (Å²) in [6.07, 6.45) is 0. The van der Waals surface area contributed by atoms with Gasteiger partial charge < -0.3 is 0 Å². The van der Waals surface area contributed by atoms with Crippen molar-refractivity contribution in [3.05, 3.63) is 234 Å². The molecule has 9 aromatic rings. The van der Waals surface area contributed by atoms with Gasteiger partial charge in [0, 0.05) is 16.7 Å². The second-order valence-corrected chi connectivity index (χ2v) is 14.8. The Morgan fingerprint density at radius 3 is 1.51 bits per heavy atom. The predicted molar refractivity (Wildman–Crippen MR) is 232 cm³/mol. The Hall–Kier alpha value is -7.67. The van der Waals surface area contributed by atoms with Gasteiger partial charge in [0.2, 0.25) is 0 Å². The molecule has 0 fully saturated rings. The average Bonchev–Trinajstić information content (AvgIpc) is 3.76. The summed E-state index contributed by atoms with van der Waals surface area (Å²) in [5.74, 6) is 0.691. The van der Waals surface area contributed by atoms with Gasteiger partial charge in [-0.1, -0.05) is 182 Å². The molecule has 0 radical (unpaired) electrons. The summed E-state index contributed by atoms with van der Waals surface area (Å²) in [6, 6.07) is 70.8. The normalized spacial score (nSPS) is 12.7. The van der Waals surface area contributed by atoms with Gasteiger partial charge in [-0.2, -0.15) is 0 Å². The molecule has 0 bridgehead atoms. The van der Waals surface area contributed by atoms with Crippen LogP contribution in [0.15, 0.2) is 200 Å². The molecule has 8 aromatic carbocycles. The lowest BCUT2D eigenvalue weighted by atomic mass is 9.70. The highest BCUT2D eigenvalue weighted by Gasteiger charge is 2.51. The molecule has 1 heterocycles. The van der Waals surface area contributed by atoms with Gasteiger partial charge in [0.25, 0.3) is 0 Å². The number of benzene rings is 8. The third-order valence-electron chi connectivity index (χ3n) is 11.7. The molecule has 2 aliphatic carbocycles. The van der Waals surface area contributed by atoms with Crippen molar-refractivity contribution in [2.45, 2.75) is 5.41 Å². The van der Waals surface area contributed by atoms with Crippen molar-refractivity contribution in [3.63, 3.8) is 0 Å². The summed E-state index contributed by atoms with van der Waals surface area (Å²) >= 11 is 0. The van der Waals surface area contributed by atoms with E-state index < -0.39 is 5.41 Å². The number of aromatic nitrogens is 2. The lowest BCUT2D eigenvalue weighted by molar-refractivity contribution is 0.794. The van der Waals surface area contributed by atoms with Gasteiger partial charge in [-0.05, 0) is 85.0 Å². The predicted octanol–water partition coefficient (Wildman–Crippen LogP) is 13.7. The van der Waals surface area contributed by atoms with E-state index in [0.29, 0.717) is 11.5 Å². The van der Waals surface area contributed by atoms with Gasteiger partial charge in [-0.25, -0.2) is 14.8 Å². The van der Waals surface area contributed by atoms with Crippen molar-refractivity contribution in [3.8, 4) is 78.4 Å². The fourth-order valence-electron chi connectivity index (χ4n) is 9.16. The van der Waals surface area contributed by atoms with Crippen LogP contribution in [0.5, 0.6) is 0 Å². The molecule has 0 unspecified atom stereocenters. The third kappa shape index (κ3) is 5.12. The van der Waals surface area contributed by atoms with Gasteiger partial charge in [-0.15, -0.1) is 0 Å². The molecule has 2 aliphatic rings. The second-order valence-electron chi connectivity index (χ2n) is 14.8. The average molecular weight is 724 g/mol. The highest BCUT2D eigenvalue weighted by atomic mass is 14.9. The fourth-order valence-corrected chi connectivity index (χ4v) is 9.16. The van der Waals surface area contributed by atoms with Crippen molar-refractivity contribution in [1.29, 1.82) is 0 Å². The Kier molecular flexibility index (Phi) is 7.45. The molecule has 0 atom stereocenters. The van der Waals surface area contributed by atoms with E-state index in [1.165, 1.54) is 44.5 Å². The maximum Gasteiger partial charge on any atom is 0.187 e. The molecule has 0 aliphatic heterocycles. The number of nitrogens with zero attached hydrogens (tertiary/aromatic N) is 3. The van der Waals surface area contributed by atoms with E-state index in [0.717, 1.165) is 50.3 Å².